The molecule has 0 aliphatic heterocycles. The number of aromatic nitrogens is 1. The summed E-state index contributed by atoms with van der Waals surface area (Å²) in [6.45, 7) is 2.12. The van der Waals surface area contributed by atoms with E-state index in [1.807, 2.05) is 12.1 Å². The SMILES string of the molecule is CCCCC(O)Cc1cccnc1N. The monoisotopic (exact) mass is 194 g/mol. The van der Waals surface area contributed by atoms with Crippen LogP contribution in [0.15, 0.2) is 18.3 Å². The Morgan fingerprint density at radius 2 is 2.36 bits per heavy atom. The molecule has 3 heteroatoms. The lowest BCUT2D eigenvalue weighted by Gasteiger charge is -2.10. The third-order valence-corrected chi connectivity index (χ3v) is 2.27. The number of nitrogens with two attached hydrogens (primary N) is 1. The molecule has 0 radical (unpaired) electrons. The van der Waals surface area contributed by atoms with Gasteiger partial charge in [0.1, 0.15) is 5.82 Å². The number of anilines is 1. The number of hydrogen-bond donors (Lipinski definition) is 2. The number of aliphatic hydroxyl groups is 1. The molecule has 0 saturated heterocycles. The molecule has 0 aliphatic carbocycles. The first-order valence-corrected chi connectivity index (χ1v) is 5.11. The van der Waals surface area contributed by atoms with Crippen molar-refractivity contribution in [2.45, 2.75) is 38.7 Å². The third kappa shape index (κ3) is 3.34. The summed E-state index contributed by atoms with van der Waals surface area (Å²) < 4.78 is 0. The van der Waals surface area contributed by atoms with Gasteiger partial charge >= 0.3 is 0 Å². The summed E-state index contributed by atoms with van der Waals surface area (Å²) in [5, 5.41) is 9.67. The predicted molar refractivity (Wildman–Crippen MR) is 57.9 cm³/mol. The smallest absolute Gasteiger partial charge is 0.126 e. The Hall–Kier alpha value is -1.09. The number of unbranched alkanes of at least 4 members (excludes halogenated alkanes) is 1. The average Bonchev–Trinajstić information content (AvgIpc) is 2.18. The van der Waals surface area contributed by atoms with E-state index in [4.69, 9.17) is 5.73 Å². The molecule has 1 rings (SSSR count). The molecule has 1 unspecified atom stereocenters. The zero-order chi connectivity index (χ0) is 10.4. The minimum absolute atomic E-state index is 0.290. The highest BCUT2D eigenvalue weighted by Gasteiger charge is 2.07. The molecule has 78 valence electrons. The van der Waals surface area contributed by atoms with Crippen molar-refractivity contribution in [3.8, 4) is 0 Å². The van der Waals surface area contributed by atoms with Crippen molar-refractivity contribution in [1.29, 1.82) is 0 Å². The number of nitrogen functional groups attached to an aromatic ring is 1. The molecule has 1 heterocycles. The molecule has 0 fully saturated rings. The molecule has 3 N–H and O–H groups in total. The highest BCUT2D eigenvalue weighted by atomic mass is 16.3. The minimum Gasteiger partial charge on any atom is -0.393 e. The molecule has 1 aromatic heterocycles. The average molecular weight is 194 g/mol. The summed E-state index contributed by atoms with van der Waals surface area (Å²) in [6.07, 6.45) is 4.99. The van der Waals surface area contributed by atoms with Gasteiger partial charge in [-0.15, -0.1) is 0 Å². The van der Waals surface area contributed by atoms with Gasteiger partial charge < -0.3 is 10.8 Å². The summed E-state index contributed by atoms with van der Waals surface area (Å²) in [7, 11) is 0. The number of aliphatic hydroxyl groups excluding tert-OH is 1. The Balaban J connectivity index is 2.47. The first kappa shape index (κ1) is 11.0. The van der Waals surface area contributed by atoms with E-state index < -0.39 is 0 Å². The zero-order valence-corrected chi connectivity index (χ0v) is 8.61. The van der Waals surface area contributed by atoms with Gasteiger partial charge in [0.05, 0.1) is 6.10 Å². The van der Waals surface area contributed by atoms with Gasteiger partial charge in [-0.05, 0) is 18.1 Å². The van der Waals surface area contributed by atoms with Crippen molar-refractivity contribution in [2.24, 2.45) is 0 Å². The summed E-state index contributed by atoms with van der Waals surface area (Å²) in [5.41, 5.74) is 6.62. The number of rotatable bonds is 5. The molecule has 0 aromatic carbocycles. The predicted octanol–water partition coefficient (Wildman–Crippen LogP) is 1.76. The fourth-order valence-corrected chi connectivity index (χ4v) is 1.42. The molecule has 0 amide bonds. The van der Waals surface area contributed by atoms with Crippen LogP contribution in [0.4, 0.5) is 5.82 Å². The Bertz CT molecular complexity index is 276. The normalized spacial score (nSPS) is 12.7. The van der Waals surface area contributed by atoms with Crippen LogP contribution >= 0.6 is 0 Å². The van der Waals surface area contributed by atoms with Gasteiger partial charge in [-0.1, -0.05) is 25.8 Å². The lowest BCUT2D eigenvalue weighted by molar-refractivity contribution is 0.162. The molecule has 0 saturated carbocycles. The van der Waals surface area contributed by atoms with Crippen molar-refractivity contribution in [1.82, 2.24) is 4.98 Å². The molecular weight excluding hydrogens is 176 g/mol. The quantitative estimate of drug-likeness (QED) is 0.750. The number of hydrogen-bond acceptors (Lipinski definition) is 3. The lowest BCUT2D eigenvalue weighted by atomic mass is 10.0. The van der Waals surface area contributed by atoms with Crippen LogP contribution in [0.3, 0.4) is 0 Å². The Morgan fingerprint density at radius 1 is 1.57 bits per heavy atom. The van der Waals surface area contributed by atoms with Crippen LogP contribution in [0.25, 0.3) is 0 Å². The standard InChI is InChI=1S/C11H18N2O/c1-2-3-6-10(14)8-9-5-4-7-13-11(9)12/h4-5,7,10,14H,2-3,6,8H2,1H3,(H2,12,13). The lowest BCUT2D eigenvalue weighted by Crippen LogP contribution is -2.12. The van der Waals surface area contributed by atoms with Crippen molar-refractivity contribution in [3.63, 3.8) is 0 Å². The largest absolute Gasteiger partial charge is 0.393 e. The number of nitrogens with zero attached hydrogens (tertiary/aromatic N) is 1. The van der Waals surface area contributed by atoms with E-state index in [0.717, 1.165) is 24.8 Å². The van der Waals surface area contributed by atoms with E-state index in [0.29, 0.717) is 12.2 Å². The van der Waals surface area contributed by atoms with E-state index in [-0.39, 0.29) is 6.10 Å². The van der Waals surface area contributed by atoms with E-state index in [1.54, 1.807) is 6.20 Å². The summed E-state index contributed by atoms with van der Waals surface area (Å²) in [4.78, 5) is 3.98. The Labute approximate surface area is 85.0 Å². The Kier molecular flexibility index (Phi) is 4.40. The van der Waals surface area contributed by atoms with Crippen LogP contribution in [-0.4, -0.2) is 16.2 Å². The molecule has 0 spiro atoms. The molecule has 0 aliphatic rings. The van der Waals surface area contributed by atoms with Crippen LogP contribution in [-0.2, 0) is 6.42 Å². The van der Waals surface area contributed by atoms with Gasteiger partial charge in [0.25, 0.3) is 0 Å². The fraction of sp³-hybridized carbons (Fsp3) is 0.545. The molecular formula is C11H18N2O. The fourth-order valence-electron chi connectivity index (χ4n) is 1.42. The maximum Gasteiger partial charge on any atom is 0.126 e. The Morgan fingerprint density at radius 3 is 3.00 bits per heavy atom. The molecule has 1 aromatic rings. The maximum absolute atomic E-state index is 9.67. The van der Waals surface area contributed by atoms with Gasteiger partial charge in [-0.3, -0.25) is 0 Å². The van der Waals surface area contributed by atoms with Crippen LogP contribution < -0.4 is 5.73 Å². The van der Waals surface area contributed by atoms with Gasteiger partial charge in [0.2, 0.25) is 0 Å². The molecule has 1 atom stereocenters. The van der Waals surface area contributed by atoms with Crippen LogP contribution in [0.2, 0.25) is 0 Å². The maximum atomic E-state index is 9.67. The van der Waals surface area contributed by atoms with Gasteiger partial charge in [0.15, 0.2) is 0 Å². The van der Waals surface area contributed by atoms with E-state index in [1.165, 1.54) is 0 Å². The minimum atomic E-state index is -0.290. The summed E-state index contributed by atoms with van der Waals surface area (Å²) in [5.74, 6) is 0.531. The van der Waals surface area contributed by atoms with Crippen LogP contribution in [0.1, 0.15) is 31.7 Å². The van der Waals surface area contributed by atoms with Crippen molar-refractivity contribution < 1.29 is 5.11 Å². The third-order valence-electron chi connectivity index (χ3n) is 2.27. The second-order valence-corrected chi connectivity index (χ2v) is 3.55. The van der Waals surface area contributed by atoms with E-state index in [2.05, 4.69) is 11.9 Å². The van der Waals surface area contributed by atoms with Crippen LogP contribution in [0.5, 0.6) is 0 Å². The van der Waals surface area contributed by atoms with Crippen LogP contribution in [0, 0.1) is 0 Å². The molecule has 0 bridgehead atoms. The summed E-state index contributed by atoms with van der Waals surface area (Å²) in [6, 6.07) is 3.76. The summed E-state index contributed by atoms with van der Waals surface area (Å²) >= 11 is 0. The zero-order valence-electron chi connectivity index (χ0n) is 8.61. The first-order chi connectivity index (χ1) is 6.74. The van der Waals surface area contributed by atoms with Crippen molar-refractivity contribution in [3.05, 3.63) is 23.9 Å². The van der Waals surface area contributed by atoms with Gasteiger partial charge in [-0.25, -0.2) is 4.98 Å². The van der Waals surface area contributed by atoms with E-state index in [9.17, 15) is 5.11 Å². The highest BCUT2D eigenvalue weighted by molar-refractivity contribution is 5.38. The molecule has 3 nitrogen and oxygen atoms in total. The van der Waals surface area contributed by atoms with Gasteiger partial charge in [-0.2, -0.15) is 0 Å². The first-order valence-electron chi connectivity index (χ1n) is 5.11. The topological polar surface area (TPSA) is 59.1 Å². The van der Waals surface area contributed by atoms with Crippen molar-refractivity contribution in [2.75, 3.05) is 5.73 Å². The van der Waals surface area contributed by atoms with Gasteiger partial charge in [0, 0.05) is 12.6 Å². The van der Waals surface area contributed by atoms with Crippen molar-refractivity contribution >= 4 is 5.82 Å². The second kappa shape index (κ2) is 5.60. The van der Waals surface area contributed by atoms with E-state index >= 15 is 0 Å². The number of pyridine rings is 1. The highest BCUT2D eigenvalue weighted by Crippen LogP contribution is 2.12. The second-order valence-electron chi connectivity index (χ2n) is 3.55. The molecule has 14 heavy (non-hydrogen) atoms.